The number of ether oxygens (including phenoxy) is 2. The summed E-state index contributed by atoms with van der Waals surface area (Å²) < 4.78 is 13.3. The molecule has 12 heteroatoms. The molecule has 1 aliphatic heterocycles. The van der Waals surface area contributed by atoms with Gasteiger partial charge in [0.1, 0.15) is 11.7 Å². The van der Waals surface area contributed by atoms with Gasteiger partial charge in [-0.3, -0.25) is 4.57 Å². The van der Waals surface area contributed by atoms with E-state index in [0.29, 0.717) is 24.0 Å². The Bertz CT molecular complexity index is 994. The summed E-state index contributed by atoms with van der Waals surface area (Å²) in [7, 11) is 0. The number of carbonyl (C=O) groups is 2. The van der Waals surface area contributed by atoms with E-state index in [1.54, 1.807) is 4.57 Å². The third kappa shape index (κ3) is 4.37. The third-order valence-corrected chi connectivity index (χ3v) is 6.49. The number of rotatable bonds is 8. The van der Waals surface area contributed by atoms with Crippen molar-refractivity contribution >= 4 is 40.5 Å². The second-order valence-corrected chi connectivity index (χ2v) is 8.79. The highest BCUT2D eigenvalue weighted by Crippen LogP contribution is 2.35. The number of nitrogen functional groups attached to an aromatic ring is 1. The van der Waals surface area contributed by atoms with Crippen LogP contribution in [0.3, 0.4) is 0 Å². The Morgan fingerprint density at radius 1 is 1.19 bits per heavy atom. The topological polar surface area (TPSA) is 163 Å². The van der Waals surface area contributed by atoms with Crippen molar-refractivity contribution in [1.29, 1.82) is 0 Å². The van der Waals surface area contributed by atoms with Gasteiger partial charge in [0, 0.05) is 6.42 Å². The first kappa shape index (κ1) is 22.7. The molecule has 2 aromatic rings. The fourth-order valence-corrected chi connectivity index (χ4v) is 4.79. The van der Waals surface area contributed by atoms with Crippen molar-refractivity contribution in [3.63, 3.8) is 0 Å². The lowest BCUT2D eigenvalue weighted by atomic mass is 9.80. The molecule has 1 saturated carbocycles. The highest BCUT2D eigenvalue weighted by molar-refractivity contribution is 6.28. The second-order valence-electron chi connectivity index (χ2n) is 8.45. The van der Waals surface area contributed by atoms with Crippen molar-refractivity contribution in [2.24, 2.45) is 5.92 Å². The minimum absolute atomic E-state index is 0.00922. The van der Waals surface area contributed by atoms with Crippen LogP contribution in [0.1, 0.15) is 57.6 Å². The standard InChI is InChI=1S/C20H26ClN5O6/c21-19-24-15(22)14-16(25-19)26(10-23-14)13-7-6-12(32-13)9-31-20(17(27)28,18(29)30)8-11-4-2-1-3-5-11/h10-13H,1-9H2,(H,27,28)(H,29,30)(H2,22,24,25)/t12-,13+/m0/s1. The lowest BCUT2D eigenvalue weighted by Crippen LogP contribution is -2.51. The molecule has 174 valence electrons. The SMILES string of the molecule is Nc1nc(Cl)nc2c1ncn2[C@H]1CC[C@@H](COC(CC2CCCCC2)(C(=O)O)C(=O)O)O1. The number of hydrogen-bond donors (Lipinski definition) is 3. The molecule has 32 heavy (non-hydrogen) atoms. The van der Waals surface area contributed by atoms with E-state index in [0.717, 1.165) is 32.1 Å². The Morgan fingerprint density at radius 2 is 1.91 bits per heavy atom. The molecule has 3 heterocycles. The van der Waals surface area contributed by atoms with Crippen molar-refractivity contribution in [3.8, 4) is 0 Å². The van der Waals surface area contributed by atoms with E-state index >= 15 is 0 Å². The van der Waals surface area contributed by atoms with Gasteiger partial charge in [-0.2, -0.15) is 9.97 Å². The summed E-state index contributed by atoms with van der Waals surface area (Å²) in [6.45, 7) is -0.146. The Labute approximate surface area is 188 Å². The summed E-state index contributed by atoms with van der Waals surface area (Å²) in [5, 5.41) is 19.5. The number of hydrogen-bond acceptors (Lipinski definition) is 8. The fourth-order valence-electron chi connectivity index (χ4n) is 4.62. The van der Waals surface area contributed by atoms with E-state index in [1.807, 2.05) is 0 Å². The molecular formula is C20H26ClN5O6. The Balaban J connectivity index is 1.45. The molecule has 4 rings (SSSR count). The van der Waals surface area contributed by atoms with Gasteiger partial charge in [-0.1, -0.05) is 32.1 Å². The maximum Gasteiger partial charge on any atom is 0.347 e. The van der Waals surface area contributed by atoms with E-state index in [9.17, 15) is 19.8 Å². The van der Waals surface area contributed by atoms with Gasteiger partial charge in [0.05, 0.1) is 19.0 Å². The van der Waals surface area contributed by atoms with E-state index in [4.69, 9.17) is 26.8 Å². The number of nitrogens with two attached hydrogens (primary N) is 1. The number of aromatic nitrogens is 4. The monoisotopic (exact) mass is 467 g/mol. The molecule has 0 amide bonds. The van der Waals surface area contributed by atoms with Crippen molar-refractivity contribution in [1.82, 2.24) is 19.5 Å². The molecule has 1 saturated heterocycles. The lowest BCUT2D eigenvalue weighted by molar-refractivity contribution is -0.191. The first-order chi connectivity index (χ1) is 15.3. The van der Waals surface area contributed by atoms with Crippen LogP contribution in [0.4, 0.5) is 5.82 Å². The molecule has 2 aromatic heterocycles. The Morgan fingerprint density at radius 3 is 2.59 bits per heavy atom. The minimum Gasteiger partial charge on any atom is -0.479 e. The Hall–Kier alpha value is -2.50. The van der Waals surface area contributed by atoms with Crippen LogP contribution in [-0.2, 0) is 19.1 Å². The summed E-state index contributed by atoms with van der Waals surface area (Å²) in [6.07, 6.45) is 6.37. The van der Waals surface area contributed by atoms with Crippen molar-refractivity contribution in [2.75, 3.05) is 12.3 Å². The number of anilines is 1. The zero-order valence-electron chi connectivity index (χ0n) is 17.4. The van der Waals surface area contributed by atoms with Crippen LogP contribution in [0, 0.1) is 5.92 Å². The van der Waals surface area contributed by atoms with Gasteiger partial charge in [0.2, 0.25) is 5.28 Å². The van der Waals surface area contributed by atoms with Crippen LogP contribution >= 0.6 is 11.6 Å². The van der Waals surface area contributed by atoms with Gasteiger partial charge < -0.3 is 25.4 Å². The second kappa shape index (κ2) is 9.16. The predicted molar refractivity (Wildman–Crippen MR) is 113 cm³/mol. The molecule has 0 unspecified atom stereocenters. The molecule has 0 aromatic carbocycles. The molecule has 2 fully saturated rings. The smallest absolute Gasteiger partial charge is 0.347 e. The largest absolute Gasteiger partial charge is 0.479 e. The molecule has 2 aliphatic rings. The predicted octanol–water partition coefficient (Wildman–Crippen LogP) is 2.63. The van der Waals surface area contributed by atoms with Gasteiger partial charge >= 0.3 is 11.9 Å². The van der Waals surface area contributed by atoms with Crippen molar-refractivity contribution in [2.45, 2.75) is 69.3 Å². The fraction of sp³-hybridized carbons (Fsp3) is 0.650. The van der Waals surface area contributed by atoms with Crippen molar-refractivity contribution < 1.29 is 29.3 Å². The van der Waals surface area contributed by atoms with E-state index in [2.05, 4.69) is 15.0 Å². The maximum atomic E-state index is 12.0. The summed E-state index contributed by atoms with van der Waals surface area (Å²) in [5.41, 5.74) is 4.40. The molecule has 0 radical (unpaired) electrons. The number of aliphatic carboxylic acids is 2. The third-order valence-electron chi connectivity index (χ3n) is 6.32. The maximum absolute atomic E-state index is 12.0. The number of nitrogens with zero attached hydrogens (tertiary/aromatic N) is 4. The summed E-state index contributed by atoms with van der Waals surface area (Å²) in [5.74, 6) is -2.78. The lowest BCUT2D eigenvalue weighted by Gasteiger charge is -2.32. The normalized spacial score (nSPS) is 22.4. The van der Waals surface area contributed by atoms with Gasteiger partial charge in [-0.25, -0.2) is 14.6 Å². The molecule has 1 aliphatic carbocycles. The summed E-state index contributed by atoms with van der Waals surface area (Å²) in [6, 6.07) is 0. The zero-order chi connectivity index (χ0) is 22.9. The molecule has 0 bridgehead atoms. The van der Waals surface area contributed by atoms with Crippen LogP contribution in [0.15, 0.2) is 6.33 Å². The van der Waals surface area contributed by atoms with E-state index in [1.165, 1.54) is 6.33 Å². The number of halogens is 1. The Kier molecular flexibility index (Phi) is 6.50. The number of fused-ring (bicyclic) bond motifs is 1. The van der Waals surface area contributed by atoms with E-state index < -0.39 is 29.9 Å². The zero-order valence-corrected chi connectivity index (χ0v) is 18.2. The van der Waals surface area contributed by atoms with E-state index in [-0.39, 0.29) is 30.0 Å². The van der Waals surface area contributed by atoms with Crippen LogP contribution in [0.25, 0.3) is 11.2 Å². The van der Waals surface area contributed by atoms with Gasteiger partial charge in [0.25, 0.3) is 5.60 Å². The molecule has 11 nitrogen and oxygen atoms in total. The summed E-state index contributed by atoms with van der Waals surface area (Å²) >= 11 is 5.91. The quantitative estimate of drug-likeness (QED) is 0.388. The first-order valence-electron chi connectivity index (χ1n) is 10.7. The molecule has 0 spiro atoms. The van der Waals surface area contributed by atoms with Gasteiger partial charge in [-0.15, -0.1) is 0 Å². The average Bonchev–Trinajstić information content (AvgIpc) is 3.38. The van der Waals surface area contributed by atoms with Crippen molar-refractivity contribution in [3.05, 3.63) is 11.6 Å². The molecule has 2 atom stereocenters. The van der Waals surface area contributed by atoms with Crippen LogP contribution < -0.4 is 5.73 Å². The van der Waals surface area contributed by atoms with Gasteiger partial charge in [0.15, 0.2) is 11.5 Å². The van der Waals surface area contributed by atoms with Crippen LogP contribution in [0.2, 0.25) is 5.28 Å². The van der Waals surface area contributed by atoms with Crippen LogP contribution in [-0.4, -0.2) is 60.0 Å². The number of imidazole rings is 1. The number of carboxylic acid groups (broad SMARTS) is 2. The molecular weight excluding hydrogens is 442 g/mol. The number of carboxylic acids is 2. The average molecular weight is 468 g/mol. The minimum atomic E-state index is -2.28. The summed E-state index contributed by atoms with van der Waals surface area (Å²) in [4.78, 5) is 36.3. The van der Waals surface area contributed by atoms with Gasteiger partial charge in [-0.05, 0) is 30.4 Å². The van der Waals surface area contributed by atoms with Crippen LogP contribution in [0.5, 0.6) is 0 Å². The highest BCUT2D eigenvalue weighted by Gasteiger charge is 2.50. The first-order valence-corrected chi connectivity index (χ1v) is 11.1. The molecule has 4 N–H and O–H groups in total. The highest BCUT2D eigenvalue weighted by atomic mass is 35.5.